The van der Waals surface area contributed by atoms with Gasteiger partial charge < -0.3 is 9.84 Å². The molecule has 4 aromatic rings. The second-order valence-corrected chi connectivity index (χ2v) is 16.1. The first-order valence-corrected chi connectivity index (χ1v) is 17.6. The number of ketones is 1. The number of aliphatic hydroxyl groups is 1. The number of hydrogen-bond donors (Lipinski definition) is 1. The third-order valence-corrected chi connectivity index (χ3v) is 9.22. The summed E-state index contributed by atoms with van der Waals surface area (Å²) in [7, 11) is -1.64. The van der Waals surface area contributed by atoms with E-state index in [1.54, 1.807) is 0 Å². The zero-order chi connectivity index (χ0) is 28.3. The zero-order valence-corrected chi connectivity index (χ0v) is 27.9. The number of fused-ring (bicyclic) bond motifs is 3. The van der Waals surface area contributed by atoms with Gasteiger partial charge >= 0.3 is 0 Å². The van der Waals surface area contributed by atoms with Gasteiger partial charge in [-0.05, 0) is 37.3 Å². The molecule has 1 radical (unpaired) electrons. The summed E-state index contributed by atoms with van der Waals surface area (Å²) >= 11 is 0. The van der Waals surface area contributed by atoms with Gasteiger partial charge in [-0.15, -0.1) is 17.5 Å². The molecule has 1 N–H and O–H groups in total. The number of hydrogen-bond acceptors (Lipinski definition) is 5. The van der Waals surface area contributed by atoms with Gasteiger partial charge in [0.15, 0.2) is 5.78 Å². The van der Waals surface area contributed by atoms with E-state index < -0.39 is 8.07 Å². The molecule has 3 heterocycles. The maximum absolute atomic E-state index is 11.7. The van der Waals surface area contributed by atoms with Crippen LogP contribution in [0.5, 0.6) is 11.6 Å². The predicted octanol–water partition coefficient (Wildman–Crippen LogP) is 7.87. The number of rotatable bonds is 8. The van der Waals surface area contributed by atoms with Crippen molar-refractivity contribution in [3.8, 4) is 23.0 Å². The fraction of sp³-hybridized carbons (Fsp3) is 0.406. The van der Waals surface area contributed by atoms with E-state index >= 15 is 0 Å². The number of imidazole rings is 1. The van der Waals surface area contributed by atoms with Crippen molar-refractivity contribution in [2.45, 2.75) is 73.0 Å². The fourth-order valence-electron chi connectivity index (χ4n) is 5.01. The predicted molar refractivity (Wildman–Crippen MR) is 162 cm³/mol. The fourth-order valence-corrected chi connectivity index (χ4v) is 6.26. The van der Waals surface area contributed by atoms with Crippen LogP contribution >= 0.6 is 0 Å². The Balaban J connectivity index is 0.000000243. The number of allylic oxidation sites excluding steroid dienone is 2. The van der Waals surface area contributed by atoms with Gasteiger partial charge in [-0.3, -0.25) is 14.2 Å². The minimum atomic E-state index is -1.64. The van der Waals surface area contributed by atoms with Crippen LogP contribution in [0.3, 0.4) is 0 Å². The minimum absolute atomic E-state index is 0. The van der Waals surface area contributed by atoms with Crippen LogP contribution in [-0.4, -0.2) is 33.3 Å². The summed E-state index contributed by atoms with van der Waals surface area (Å²) < 4.78 is 8.35. The van der Waals surface area contributed by atoms with Crippen LogP contribution in [0.4, 0.5) is 0 Å². The average Bonchev–Trinajstić information content (AvgIpc) is 3.30. The Morgan fingerprint density at radius 1 is 1.05 bits per heavy atom. The standard InChI is InChI=1S/C19H16N3OSi.C13H24O2.Ir/c1-24(2,3)18-19-22-16(21-18)8-9-20-17(22)14-10-12-6-4-5-7-13(12)11-15(14)23-19;1-5-10(6-2)12(14)9-13(15)11(7-3)8-4;/h4-9,11H,1-3H3;9-11,14H,5-8H2,1-4H3;/q-1;;/b;12-9-;. The third-order valence-electron chi connectivity index (χ3n) is 7.47. The summed E-state index contributed by atoms with van der Waals surface area (Å²) in [5, 5.41) is 13.0. The largest absolute Gasteiger partial charge is 0.512 e. The molecule has 1 aliphatic heterocycles. The maximum atomic E-state index is 11.7. The van der Waals surface area contributed by atoms with Crippen LogP contribution in [0, 0.1) is 17.9 Å². The van der Waals surface area contributed by atoms with Crippen LogP contribution < -0.4 is 10.1 Å². The molecule has 2 aromatic heterocycles. The summed E-state index contributed by atoms with van der Waals surface area (Å²) in [6, 6.07) is 15.7. The van der Waals surface area contributed by atoms with Crippen molar-refractivity contribution >= 4 is 35.6 Å². The van der Waals surface area contributed by atoms with Crippen molar-refractivity contribution in [1.29, 1.82) is 0 Å². The molecule has 8 heteroatoms. The average molecular weight is 735 g/mol. The van der Waals surface area contributed by atoms with Crippen LogP contribution in [0.2, 0.25) is 19.6 Å². The molecule has 0 amide bonds. The molecule has 0 aliphatic carbocycles. The molecule has 5 rings (SSSR count). The number of benzene rings is 2. The Bertz CT molecular complexity index is 1520. The molecule has 0 unspecified atom stereocenters. The summed E-state index contributed by atoms with van der Waals surface area (Å²) in [5.41, 5.74) is 1.78. The summed E-state index contributed by atoms with van der Waals surface area (Å²) in [6.07, 6.45) is 6.72. The van der Waals surface area contributed by atoms with Gasteiger partial charge in [0.25, 0.3) is 0 Å². The molecule has 0 fully saturated rings. The van der Waals surface area contributed by atoms with E-state index in [2.05, 4.69) is 48.9 Å². The first-order chi connectivity index (χ1) is 18.6. The van der Waals surface area contributed by atoms with Crippen molar-refractivity contribution in [3.05, 3.63) is 60.5 Å². The molecule has 0 spiro atoms. The molecule has 0 atom stereocenters. The first kappa shape index (κ1) is 31.7. The smallest absolute Gasteiger partial charge is 0.209 e. The Morgan fingerprint density at radius 2 is 1.70 bits per heavy atom. The molecule has 0 bridgehead atoms. The quantitative estimate of drug-likeness (QED) is 0.0761. The number of carbonyl (C=O) groups excluding carboxylic acids is 1. The Morgan fingerprint density at radius 3 is 2.33 bits per heavy atom. The van der Waals surface area contributed by atoms with Crippen LogP contribution in [0.1, 0.15) is 53.4 Å². The monoisotopic (exact) mass is 735 g/mol. The number of nitrogens with zero attached hydrogens (tertiary/aromatic N) is 3. The second-order valence-electron chi connectivity index (χ2n) is 11.2. The van der Waals surface area contributed by atoms with Gasteiger partial charge in [0, 0.05) is 44.2 Å². The number of ether oxygens (including phenoxy) is 1. The minimum Gasteiger partial charge on any atom is -0.512 e. The van der Waals surface area contributed by atoms with Crippen molar-refractivity contribution in [3.63, 3.8) is 0 Å². The molecule has 40 heavy (non-hydrogen) atoms. The molecule has 6 nitrogen and oxygen atoms in total. The molecular weight excluding hydrogens is 695 g/mol. The first-order valence-electron chi connectivity index (χ1n) is 14.1. The Hall–Kier alpha value is -2.80. The number of carbonyl (C=O) groups is 1. The zero-order valence-electron chi connectivity index (χ0n) is 24.5. The second kappa shape index (κ2) is 13.2. The van der Waals surface area contributed by atoms with Gasteiger partial charge in [0.05, 0.1) is 22.7 Å². The van der Waals surface area contributed by atoms with E-state index in [4.69, 9.17) is 9.72 Å². The normalized spacial score (nSPS) is 12.6. The van der Waals surface area contributed by atoms with Gasteiger partial charge in [-0.1, -0.05) is 77.0 Å². The van der Waals surface area contributed by atoms with Gasteiger partial charge in [0.2, 0.25) is 5.88 Å². The van der Waals surface area contributed by atoms with E-state index in [0.29, 0.717) is 0 Å². The van der Waals surface area contributed by atoms with Crippen LogP contribution in [0.15, 0.2) is 54.4 Å². The Kier molecular flexibility index (Phi) is 10.5. The number of aliphatic hydroxyl groups excluding tert-OH is 1. The van der Waals surface area contributed by atoms with Crippen LogP contribution in [-0.2, 0) is 24.9 Å². The van der Waals surface area contributed by atoms with E-state index in [9.17, 15) is 9.90 Å². The molecule has 2 aromatic carbocycles. The topological polar surface area (TPSA) is 76.7 Å². The van der Waals surface area contributed by atoms with E-state index in [1.165, 1.54) is 6.08 Å². The van der Waals surface area contributed by atoms with E-state index in [0.717, 1.165) is 70.4 Å². The van der Waals surface area contributed by atoms with Gasteiger partial charge in [-0.2, -0.15) is 0 Å². The SMILES string of the molecule is CCC(CC)C(=O)/C=C(\O)C(CC)CC.C[Si](C)(C)c1nc2ccnc3n2c1Oc1cc2ccccc2[c-]c1-3.[Ir]. The number of aromatic nitrogens is 3. The van der Waals surface area contributed by atoms with Crippen molar-refractivity contribution in [2.24, 2.45) is 11.8 Å². The summed E-state index contributed by atoms with van der Waals surface area (Å²) in [5.74, 6) is 3.03. The van der Waals surface area contributed by atoms with Crippen molar-refractivity contribution in [2.75, 3.05) is 0 Å². The van der Waals surface area contributed by atoms with E-state index in [-0.39, 0.29) is 43.5 Å². The van der Waals surface area contributed by atoms with E-state index in [1.807, 2.05) is 56.5 Å². The van der Waals surface area contributed by atoms with Crippen molar-refractivity contribution in [1.82, 2.24) is 14.4 Å². The summed E-state index contributed by atoms with van der Waals surface area (Å²) in [4.78, 5) is 21.2. The molecular formula is C32H40IrN3O3Si-. The maximum Gasteiger partial charge on any atom is 0.209 e. The van der Waals surface area contributed by atoms with Crippen LogP contribution in [0.25, 0.3) is 27.8 Å². The summed E-state index contributed by atoms with van der Waals surface area (Å²) in [6.45, 7) is 14.9. The molecule has 0 saturated heterocycles. The molecule has 215 valence electrons. The van der Waals surface area contributed by atoms with Crippen molar-refractivity contribution < 1.29 is 34.7 Å². The van der Waals surface area contributed by atoms with Gasteiger partial charge in [0.1, 0.15) is 13.7 Å². The Labute approximate surface area is 252 Å². The van der Waals surface area contributed by atoms with Gasteiger partial charge in [-0.25, -0.2) is 4.98 Å². The third kappa shape index (κ3) is 6.40. The molecule has 0 saturated carbocycles. The molecule has 1 aliphatic rings.